The number of hydrogen-bond acceptors (Lipinski definition) is 0. The normalized spacial score (nSPS) is 13.3. The van der Waals surface area contributed by atoms with Crippen LogP contribution < -0.4 is 0 Å². The number of benzene rings is 16. The lowest BCUT2D eigenvalue weighted by atomic mass is 9.80. The van der Waals surface area contributed by atoms with Gasteiger partial charge in [-0.05, 0) is 188 Å². The largest absolute Gasteiger partial charge is 0.0622 e. The molecular formula is C90H64. The van der Waals surface area contributed by atoms with E-state index in [1.165, 1.54) is 176 Å². The van der Waals surface area contributed by atoms with Crippen molar-refractivity contribution in [2.75, 3.05) is 0 Å². The van der Waals surface area contributed by atoms with Gasteiger partial charge in [0.1, 0.15) is 0 Å². The van der Waals surface area contributed by atoms with Gasteiger partial charge in [-0.15, -0.1) is 0 Å². The average Bonchev–Trinajstić information content (AvgIpc) is 1.45. The fraction of sp³-hybridized carbons (Fsp3) is 0.0667. The van der Waals surface area contributed by atoms with Crippen LogP contribution in [0.4, 0.5) is 0 Å². The lowest BCUT2D eigenvalue weighted by Crippen LogP contribution is -2.15. The molecule has 0 bridgehead atoms. The van der Waals surface area contributed by atoms with Crippen molar-refractivity contribution < 1.29 is 0 Å². The molecule has 16 aromatic carbocycles. The van der Waals surface area contributed by atoms with Crippen molar-refractivity contribution >= 4 is 64.6 Å². The zero-order valence-corrected chi connectivity index (χ0v) is 51.0. The Morgan fingerprint density at radius 3 is 0.922 bits per heavy atom. The molecule has 0 heterocycles. The maximum Gasteiger partial charge on any atom is 0.0165 e. The summed E-state index contributed by atoms with van der Waals surface area (Å²) in [5.41, 5.74) is 26.2. The molecule has 0 saturated carbocycles. The molecule has 0 amide bonds. The Balaban J connectivity index is 0.000000139. The number of hydrogen-bond donors (Lipinski definition) is 0. The first-order chi connectivity index (χ1) is 44.2. The van der Waals surface area contributed by atoms with Crippen LogP contribution in [-0.2, 0) is 10.8 Å². The molecule has 0 N–H and O–H groups in total. The SMILES string of the molecule is CC1(C)c2ccc(-c3c4ccccc4c(-c4ccc(-c5ccccc5)cc4)c4ccccc34)cc2-c2c1ccc1ccccc21.CC1(C)c2ccc(-c3c4ccccc4c(-c4ccc(-c5ccccc5)cc4)c4ccccc34)cc2-c2ccc3ccccc3c21. The van der Waals surface area contributed by atoms with Crippen molar-refractivity contribution in [2.45, 2.75) is 38.5 Å². The standard InChI is InChI=1S/2C45H32/c1-45(2)40-26-25-33(28-39(40)44-34-15-7-6-14-31(34)24-27-41(44)45)43-37-18-10-8-16-35(37)42(36-17-9-11-19-38(36)43)32-22-20-30(21-23-32)29-12-4-3-5-13-29;1-45(2)41-27-25-33(28-40(41)39-26-24-31-14-6-7-15-34(31)44(39)45)43-37-18-10-8-16-35(37)42(36-17-9-11-19-38(36)43)32-22-20-30(21-23-32)29-12-4-3-5-13-29/h2*3-28H,1-2H3. The Kier molecular flexibility index (Phi) is 12.4. The molecule has 424 valence electrons. The van der Waals surface area contributed by atoms with Crippen LogP contribution in [0.25, 0.3) is 154 Å². The molecule has 0 heteroatoms. The van der Waals surface area contributed by atoms with E-state index in [1.807, 2.05) is 0 Å². The second-order valence-electron chi connectivity index (χ2n) is 25.8. The van der Waals surface area contributed by atoms with Gasteiger partial charge in [0.15, 0.2) is 0 Å². The zero-order valence-electron chi connectivity index (χ0n) is 51.0. The highest BCUT2D eigenvalue weighted by atomic mass is 14.4. The van der Waals surface area contributed by atoms with Crippen molar-refractivity contribution in [3.63, 3.8) is 0 Å². The van der Waals surface area contributed by atoms with E-state index in [1.54, 1.807) is 0 Å². The summed E-state index contributed by atoms with van der Waals surface area (Å²) >= 11 is 0. The molecule has 2 aliphatic rings. The third-order valence-corrected chi connectivity index (χ3v) is 20.1. The molecule has 0 nitrogen and oxygen atoms in total. The Hall–Kier alpha value is -10.9. The van der Waals surface area contributed by atoms with Gasteiger partial charge in [-0.1, -0.05) is 331 Å². The Morgan fingerprint density at radius 1 is 0.178 bits per heavy atom. The first-order valence-corrected chi connectivity index (χ1v) is 31.7. The average molecular weight is 1150 g/mol. The van der Waals surface area contributed by atoms with Crippen LogP contribution in [0.3, 0.4) is 0 Å². The van der Waals surface area contributed by atoms with E-state index in [9.17, 15) is 0 Å². The summed E-state index contributed by atoms with van der Waals surface area (Å²) in [5, 5.41) is 15.6. The Morgan fingerprint density at radius 2 is 0.478 bits per heavy atom. The van der Waals surface area contributed by atoms with E-state index in [0.717, 1.165) is 0 Å². The van der Waals surface area contributed by atoms with Crippen LogP contribution in [0.2, 0.25) is 0 Å². The molecule has 16 aromatic rings. The van der Waals surface area contributed by atoms with Crippen molar-refractivity contribution in [1.29, 1.82) is 0 Å². The lowest BCUT2D eigenvalue weighted by molar-refractivity contribution is 0.661. The van der Waals surface area contributed by atoms with Crippen molar-refractivity contribution in [3.8, 4) is 89.0 Å². The monoisotopic (exact) mass is 1140 g/mol. The quantitative estimate of drug-likeness (QED) is 0.146. The van der Waals surface area contributed by atoms with Crippen molar-refractivity contribution in [2.24, 2.45) is 0 Å². The van der Waals surface area contributed by atoms with Gasteiger partial charge in [0.25, 0.3) is 0 Å². The van der Waals surface area contributed by atoms with Crippen LogP contribution >= 0.6 is 0 Å². The summed E-state index contributed by atoms with van der Waals surface area (Å²) in [6.07, 6.45) is 0. The van der Waals surface area contributed by atoms with Crippen LogP contribution in [0, 0.1) is 0 Å². The summed E-state index contributed by atoms with van der Waals surface area (Å²) < 4.78 is 0. The first kappa shape index (κ1) is 53.3. The van der Waals surface area contributed by atoms with Crippen LogP contribution in [-0.4, -0.2) is 0 Å². The Labute approximate surface area is 526 Å². The molecule has 0 saturated heterocycles. The molecule has 18 rings (SSSR count). The van der Waals surface area contributed by atoms with E-state index in [2.05, 4.69) is 343 Å². The summed E-state index contributed by atoms with van der Waals surface area (Å²) in [4.78, 5) is 0. The van der Waals surface area contributed by atoms with Crippen molar-refractivity contribution in [3.05, 3.63) is 338 Å². The molecule has 0 atom stereocenters. The van der Waals surface area contributed by atoms with Gasteiger partial charge in [-0.3, -0.25) is 0 Å². The number of fused-ring (bicyclic) bond motifs is 14. The first-order valence-electron chi connectivity index (χ1n) is 31.7. The fourth-order valence-electron chi connectivity index (χ4n) is 15.9. The van der Waals surface area contributed by atoms with Crippen LogP contribution in [0.15, 0.2) is 315 Å². The van der Waals surface area contributed by atoms with Crippen LogP contribution in [0.1, 0.15) is 49.9 Å². The molecule has 0 radical (unpaired) electrons. The highest BCUT2D eigenvalue weighted by molar-refractivity contribution is 6.23. The molecular weight excluding hydrogens is 1080 g/mol. The third-order valence-electron chi connectivity index (χ3n) is 20.1. The topological polar surface area (TPSA) is 0 Å². The maximum atomic E-state index is 2.47. The van der Waals surface area contributed by atoms with Gasteiger partial charge in [-0.2, -0.15) is 0 Å². The maximum absolute atomic E-state index is 2.47. The summed E-state index contributed by atoms with van der Waals surface area (Å²) in [6.45, 7) is 9.50. The molecule has 0 unspecified atom stereocenters. The second kappa shape index (κ2) is 20.9. The van der Waals surface area contributed by atoms with Gasteiger partial charge in [-0.25, -0.2) is 0 Å². The van der Waals surface area contributed by atoms with Gasteiger partial charge >= 0.3 is 0 Å². The van der Waals surface area contributed by atoms with E-state index in [0.29, 0.717) is 0 Å². The minimum atomic E-state index is -0.0655. The van der Waals surface area contributed by atoms with E-state index >= 15 is 0 Å². The molecule has 0 aromatic heterocycles. The number of rotatable bonds is 6. The summed E-state index contributed by atoms with van der Waals surface area (Å²) in [5.74, 6) is 0. The summed E-state index contributed by atoms with van der Waals surface area (Å²) in [6, 6.07) is 117. The second-order valence-corrected chi connectivity index (χ2v) is 25.8. The van der Waals surface area contributed by atoms with Gasteiger partial charge in [0.2, 0.25) is 0 Å². The molecule has 0 fully saturated rings. The van der Waals surface area contributed by atoms with Gasteiger partial charge < -0.3 is 0 Å². The minimum absolute atomic E-state index is 0.0485. The fourth-order valence-corrected chi connectivity index (χ4v) is 15.9. The molecule has 0 aliphatic heterocycles. The Bertz CT molecular complexity index is 5430. The highest BCUT2D eigenvalue weighted by Gasteiger charge is 2.38. The predicted molar refractivity (Wildman–Crippen MR) is 386 cm³/mol. The molecule has 90 heavy (non-hydrogen) atoms. The third kappa shape index (κ3) is 8.36. The van der Waals surface area contributed by atoms with E-state index < -0.39 is 0 Å². The van der Waals surface area contributed by atoms with Crippen LogP contribution in [0.5, 0.6) is 0 Å². The zero-order chi connectivity index (χ0) is 60.2. The van der Waals surface area contributed by atoms with Gasteiger partial charge in [0, 0.05) is 10.8 Å². The summed E-state index contributed by atoms with van der Waals surface area (Å²) in [7, 11) is 0. The van der Waals surface area contributed by atoms with Gasteiger partial charge in [0.05, 0.1) is 0 Å². The van der Waals surface area contributed by atoms with Crippen molar-refractivity contribution in [1.82, 2.24) is 0 Å². The predicted octanol–water partition coefficient (Wildman–Crippen LogP) is 24.9. The van der Waals surface area contributed by atoms with E-state index in [4.69, 9.17) is 0 Å². The lowest BCUT2D eigenvalue weighted by Gasteiger charge is -2.23. The highest BCUT2D eigenvalue weighted by Crippen LogP contribution is 2.56. The van der Waals surface area contributed by atoms with E-state index in [-0.39, 0.29) is 10.8 Å². The molecule has 0 spiro atoms. The smallest absolute Gasteiger partial charge is 0.0165 e. The molecule has 2 aliphatic carbocycles. The minimum Gasteiger partial charge on any atom is -0.0622 e.